The van der Waals surface area contributed by atoms with Gasteiger partial charge in [-0.1, -0.05) is 31.4 Å². The van der Waals surface area contributed by atoms with Crippen LogP contribution < -0.4 is 0 Å². The zero-order chi connectivity index (χ0) is 20.4. The fourth-order valence-corrected chi connectivity index (χ4v) is 2.50. The van der Waals surface area contributed by atoms with Gasteiger partial charge in [0.25, 0.3) is 5.60 Å². The largest absolute Gasteiger partial charge is 0.479 e. The number of hydrogen-bond acceptors (Lipinski definition) is 5. The Labute approximate surface area is 155 Å². The molecule has 1 aromatic carbocycles. The molecule has 27 heavy (non-hydrogen) atoms. The van der Waals surface area contributed by atoms with E-state index in [1.807, 2.05) is 0 Å². The third-order valence-corrected chi connectivity index (χ3v) is 4.06. The van der Waals surface area contributed by atoms with Crippen molar-refractivity contribution in [1.82, 2.24) is 0 Å². The maximum absolute atomic E-state index is 12.8. The number of halogens is 1. The Morgan fingerprint density at radius 2 is 1.44 bits per heavy atom. The zero-order valence-corrected chi connectivity index (χ0v) is 14.6. The molecule has 0 aliphatic carbocycles. The van der Waals surface area contributed by atoms with E-state index in [1.54, 1.807) is 12.1 Å². The first-order chi connectivity index (χ1) is 12.7. The first-order valence-corrected chi connectivity index (χ1v) is 8.47. The second-order valence-corrected chi connectivity index (χ2v) is 6.11. The number of aliphatic hydroxyl groups is 1. The Morgan fingerprint density at radius 3 is 1.96 bits per heavy atom. The second-order valence-electron chi connectivity index (χ2n) is 6.11. The summed E-state index contributed by atoms with van der Waals surface area (Å²) in [6, 6.07) is 6.25. The first kappa shape index (κ1) is 22.5. The van der Waals surface area contributed by atoms with Crippen LogP contribution >= 0.6 is 0 Å². The highest BCUT2D eigenvalue weighted by Crippen LogP contribution is 2.17. The van der Waals surface area contributed by atoms with E-state index < -0.39 is 29.6 Å². The highest BCUT2D eigenvalue weighted by molar-refractivity contribution is 6.06. The molecule has 0 saturated carbocycles. The molecule has 150 valence electrons. The fourth-order valence-electron chi connectivity index (χ4n) is 2.50. The highest BCUT2D eigenvalue weighted by atomic mass is 19.1. The molecule has 4 N–H and O–H groups in total. The molecule has 0 spiro atoms. The molecule has 0 aromatic heterocycles. The van der Waals surface area contributed by atoms with E-state index in [9.17, 15) is 23.9 Å². The lowest BCUT2D eigenvalue weighted by atomic mass is 9.97. The van der Waals surface area contributed by atoms with Crippen molar-refractivity contribution in [3.63, 3.8) is 0 Å². The molecule has 1 atom stereocenters. The first-order valence-electron chi connectivity index (χ1n) is 8.47. The lowest BCUT2D eigenvalue weighted by Gasteiger charge is -2.25. The molecule has 0 aliphatic rings. The van der Waals surface area contributed by atoms with Crippen LogP contribution in [-0.4, -0.2) is 56.6 Å². The number of carboxylic acid groups (broad SMARTS) is 3. The monoisotopic (exact) mass is 386 g/mol. The number of benzene rings is 1. The average Bonchev–Trinajstić information content (AvgIpc) is 2.60. The van der Waals surface area contributed by atoms with Gasteiger partial charge in [-0.25, -0.2) is 18.8 Å². The lowest BCUT2D eigenvalue weighted by Crippen LogP contribution is -2.60. The number of carbonyl (C=O) groups is 3. The summed E-state index contributed by atoms with van der Waals surface area (Å²) in [5.41, 5.74) is -2.52. The summed E-state index contributed by atoms with van der Waals surface area (Å²) in [4.78, 5) is 33.0. The molecule has 0 amide bonds. The minimum Gasteiger partial charge on any atom is -0.479 e. The maximum atomic E-state index is 12.8. The van der Waals surface area contributed by atoms with E-state index in [-0.39, 0.29) is 12.4 Å². The molecule has 0 saturated heterocycles. The van der Waals surface area contributed by atoms with Crippen molar-refractivity contribution in [2.45, 2.75) is 50.2 Å². The minimum atomic E-state index is -3.55. The van der Waals surface area contributed by atoms with E-state index in [0.717, 1.165) is 31.2 Å². The molecule has 0 fully saturated rings. The minimum absolute atomic E-state index is 0.197. The van der Waals surface area contributed by atoms with Crippen LogP contribution in [0.1, 0.15) is 37.7 Å². The van der Waals surface area contributed by atoms with E-state index in [2.05, 4.69) is 0 Å². The van der Waals surface area contributed by atoms with E-state index in [4.69, 9.17) is 20.1 Å². The summed E-state index contributed by atoms with van der Waals surface area (Å²) in [6.07, 6.45) is 2.03. The Hall–Kier alpha value is -2.52. The Balaban J connectivity index is 2.30. The molecular formula is C18H23FO8. The van der Waals surface area contributed by atoms with Gasteiger partial charge in [0.15, 0.2) is 0 Å². The number of aryl methyl sites for hydroxylation is 1. The van der Waals surface area contributed by atoms with Crippen molar-refractivity contribution in [3.05, 3.63) is 35.6 Å². The third-order valence-electron chi connectivity index (χ3n) is 4.06. The SMILES string of the molecule is O=C(O)C(OCCCCCCCc1ccc(F)cc1)C(O)(C(=O)O)C(=O)O. The van der Waals surface area contributed by atoms with Gasteiger partial charge in [-0.15, -0.1) is 0 Å². The average molecular weight is 386 g/mol. The topological polar surface area (TPSA) is 141 Å². The lowest BCUT2D eigenvalue weighted by molar-refractivity contribution is -0.201. The van der Waals surface area contributed by atoms with Gasteiger partial charge in [0, 0.05) is 6.61 Å². The Morgan fingerprint density at radius 1 is 0.926 bits per heavy atom. The number of rotatable bonds is 13. The van der Waals surface area contributed by atoms with Gasteiger partial charge >= 0.3 is 17.9 Å². The Kier molecular flexibility index (Phi) is 8.83. The summed E-state index contributed by atoms with van der Waals surface area (Å²) in [5.74, 6) is -6.57. The molecule has 1 aromatic rings. The van der Waals surface area contributed by atoms with Crippen LogP contribution in [0.5, 0.6) is 0 Å². The standard InChI is InChI=1S/C18H23FO8/c19-13-9-7-12(8-10-13)6-4-2-1-3-5-11-27-14(15(20)21)18(26,16(22)23)17(24)25/h7-10,14,26H,1-6,11H2,(H,20,21)(H,22,23)(H,24,25). The molecule has 1 rings (SSSR count). The predicted molar refractivity (Wildman–Crippen MR) is 90.8 cm³/mol. The molecular weight excluding hydrogens is 363 g/mol. The number of aliphatic carboxylic acids is 3. The second kappa shape index (κ2) is 10.6. The maximum Gasteiger partial charge on any atom is 0.351 e. The summed E-state index contributed by atoms with van der Waals surface area (Å²) in [6.45, 7) is -0.197. The van der Waals surface area contributed by atoms with Gasteiger partial charge in [-0.2, -0.15) is 0 Å². The number of ether oxygens (including phenoxy) is 1. The third kappa shape index (κ3) is 6.61. The van der Waals surface area contributed by atoms with Crippen molar-refractivity contribution in [3.8, 4) is 0 Å². The van der Waals surface area contributed by atoms with Crippen LogP contribution in [0.2, 0.25) is 0 Å². The summed E-state index contributed by atoms with van der Waals surface area (Å²) in [7, 11) is 0. The van der Waals surface area contributed by atoms with Crippen molar-refractivity contribution < 1.29 is 43.9 Å². The smallest absolute Gasteiger partial charge is 0.351 e. The fraction of sp³-hybridized carbons (Fsp3) is 0.500. The molecule has 0 heterocycles. The van der Waals surface area contributed by atoms with E-state index in [0.29, 0.717) is 12.8 Å². The summed E-state index contributed by atoms with van der Waals surface area (Å²) >= 11 is 0. The quantitative estimate of drug-likeness (QED) is 0.296. The van der Waals surface area contributed by atoms with Crippen LogP contribution in [-0.2, 0) is 25.5 Å². The number of unbranched alkanes of at least 4 members (excludes halogenated alkanes) is 4. The van der Waals surface area contributed by atoms with Crippen molar-refractivity contribution in [2.75, 3.05) is 6.61 Å². The van der Waals surface area contributed by atoms with Gasteiger partial charge in [0.2, 0.25) is 6.10 Å². The van der Waals surface area contributed by atoms with Crippen LogP contribution in [0, 0.1) is 5.82 Å². The molecule has 1 unspecified atom stereocenters. The van der Waals surface area contributed by atoms with Crippen molar-refractivity contribution >= 4 is 17.9 Å². The van der Waals surface area contributed by atoms with Gasteiger partial charge < -0.3 is 25.2 Å². The zero-order valence-electron chi connectivity index (χ0n) is 14.6. The Bertz CT molecular complexity index is 629. The number of carboxylic acids is 3. The van der Waals surface area contributed by atoms with Crippen LogP contribution in [0.15, 0.2) is 24.3 Å². The molecule has 0 bridgehead atoms. The van der Waals surface area contributed by atoms with E-state index in [1.165, 1.54) is 12.1 Å². The van der Waals surface area contributed by atoms with Crippen LogP contribution in [0.25, 0.3) is 0 Å². The summed E-state index contributed by atoms with van der Waals surface area (Å²) in [5, 5.41) is 36.3. The van der Waals surface area contributed by atoms with Gasteiger partial charge in [0.1, 0.15) is 5.82 Å². The molecule has 9 heteroatoms. The van der Waals surface area contributed by atoms with Crippen molar-refractivity contribution in [2.24, 2.45) is 0 Å². The van der Waals surface area contributed by atoms with E-state index >= 15 is 0 Å². The predicted octanol–water partition coefficient (Wildman–Crippen LogP) is 1.69. The molecule has 8 nitrogen and oxygen atoms in total. The summed E-state index contributed by atoms with van der Waals surface area (Å²) < 4.78 is 17.6. The van der Waals surface area contributed by atoms with Crippen LogP contribution in [0.3, 0.4) is 0 Å². The normalized spacial score (nSPS) is 12.5. The van der Waals surface area contributed by atoms with Gasteiger partial charge in [-0.3, -0.25) is 0 Å². The highest BCUT2D eigenvalue weighted by Gasteiger charge is 2.56. The van der Waals surface area contributed by atoms with Crippen LogP contribution in [0.4, 0.5) is 4.39 Å². The number of hydrogen-bond donors (Lipinski definition) is 4. The molecule has 0 radical (unpaired) electrons. The molecule has 0 aliphatic heterocycles. The van der Waals surface area contributed by atoms with Gasteiger partial charge in [0.05, 0.1) is 0 Å². The van der Waals surface area contributed by atoms with Crippen molar-refractivity contribution in [1.29, 1.82) is 0 Å². The van der Waals surface area contributed by atoms with Gasteiger partial charge in [-0.05, 0) is 37.0 Å².